The number of rotatable bonds is 4. The zero-order valence-electron chi connectivity index (χ0n) is 19.0. The summed E-state index contributed by atoms with van der Waals surface area (Å²) in [4.78, 5) is 31.8. The van der Waals surface area contributed by atoms with E-state index >= 15 is 0 Å². The van der Waals surface area contributed by atoms with Crippen molar-refractivity contribution in [3.63, 3.8) is 0 Å². The van der Waals surface area contributed by atoms with E-state index in [0.717, 1.165) is 36.1 Å². The van der Waals surface area contributed by atoms with Crippen LogP contribution in [0.1, 0.15) is 75.3 Å². The Morgan fingerprint density at radius 1 is 1.06 bits per heavy atom. The van der Waals surface area contributed by atoms with Gasteiger partial charge in [0, 0.05) is 24.7 Å². The number of hydrogen-bond donors (Lipinski definition) is 1. The molecule has 3 saturated carbocycles. The number of piperidine rings is 1. The maximum Gasteiger partial charge on any atom is 0.360 e. The first-order valence-electron chi connectivity index (χ1n) is 12.3. The number of fused-ring (bicyclic) bond motifs is 5. The Bertz CT molecular complexity index is 1120. The molecule has 2 aliphatic heterocycles. The van der Waals surface area contributed by atoms with Crippen LogP contribution in [0.25, 0.3) is 11.0 Å². The molecule has 170 valence electrons. The summed E-state index contributed by atoms with van der Waals surface area (Å²) >= 11 is 0. The lowest BCUT2D eigenvalue weighted by molar-refractivity contribution is -0.116. The lowest BCUT2D eigenvalue weighted by Crippen LogP contribution is -2.56. The number of benzene rings is 1. The summed E-state index contributed by atoms with van der Waals surface area (Å²) in [6.07, 6.45) is 8.40. The second kappa shape index (κ2) is 7.14. The average molecular weight is 436 g/mol. The van der Waals surface area contributed by atoms with Crippen molar-refractivity contribution in [2.45, 2.75) is 76.9 Å². The van der Waals surface area contributed by atoms with Gasteiger partial charge in [0.25, 0.3) is 5.56 Å². The van der Waals surface area contributed by atoms with Crippen molar-refractivity contribution in [2.75, 3.05) is 6.54 Å². The monoisotopic (exact) mass is 435 g/mol. The Morgan fingerprint density at radius 2 is 1.78 bits per heavy atom. The highest BCUT2D eigenvalue weighted by Gasteiger charge is 2.55. The molecule has 4 bridgehead atoms. The van der Waals surface area contributed by atoms with Crippen LogP contribution in [0.15, 0.2) is 29.1 Å². The summed E-state index contributed by atoms with van der Waals surface area (Å²) in [5.74, 6) is 1.36. The SMILES string of the molecule is CC1(C)[C@H]2CCC(CN3[C@@H]4CC[C@H]3C[C@@H](n3c(=O)c(C(=O)O)nc5ccccc53)C4)[C@@H]1C2. The van der Waals surface area contributed by atoms with Crippen molar-refractivity contribution >= 4 is 17.0 Å². The molecule has 3 heterocycles. The normalized spacial score (nSPS) is 35.6. The number of carboxylic acids is 1. The van der Waals surface area contributed by atoms with Crippen LogP contribution in [0.5, 0.6) is 0 Å². The van der Waals surface area contributed by atoms with Gasteiger partial charge in [-0.05, 0) is 80.2 Å². The molecule has 6 nitrogen and oxygen atoms in total. The molecule has 1 aromatic heterocycles. The molecule has 6 atom stereocenters. The molecular formula is C26H33N3O3. The van der Waals surface area contributed by atoms with Crippen LogP contribution >= 0.6 is 0 Å². The van der Waals surface area contributed by atoms with Crippen LogP contribution in [-0.4, -0.2) is 44.2 Å². The lowest BCUT2D eigenvalue weighted by Gasteiger charge is -2.61. The van der Waals surface area contributed by atoms with Gasteiger partial charge in [-0.1, -0.05) is 26.0 Å². The van der Waals surface area contributed by atoms with Crippen molar-refractivity contribution < 1.29 is 9.90 Å². The fraction of sp³-hybridized carbons (Fsp3) is 0.654. The fourth-order valence-electron chi connectivity index (χ4n) is 7.86. The third-order valence-corrected chi connectivity index (χ3v) is 9.67. The van der Waals surface area contributed by atoms with E-state index in [1.54, 1.807) is 10.6 Å². The van der Waals surface area contributed by atoms with E-state index in [2.05, 4.69) is 23.7 Å². The van der Waals surface area contributed by atoms with Gasteiger partial charge in [0.1, 0.15) is 0 Å². The summed E-state index contributed by atoms with van der Waals surface area (Å²) in [5.41, 5.74) is 1.04. The van der Waals surface area contributed by atoms with E-state index in [1.807, 2.05) is 18.2 Å². The van der Waals surface area contributed by atoms with Gasteiger partial charge in [0.05, 0.1) is 11.0 Å². The van der Waals surface area contributed by atoms with Crippen molar-refractivity contribution in [3.05, 3.63) is 40.3 Å². The summed E-state index contributed by atoms with van der Waals surface area (Å²) in [6.45, 7) is 6.15. The van der Waals surface area contributed by atoms with Crippen molar-refractivity contribution in [3.8, 4) is 0 Å². The Morgan fingerprint density at radius 3 is 2.44 bits per heavy atom. The van der Waals surface area contributed by atoms with Gasteiger partial charge in [0.2, 0.25) is 5.69 Å². The van der Waals surface area contributed by atoms with Crippen molar-refractivity contribution in [2.24, 2.45) is 23.2 Å². The van der Waals surface area contributed by atoms with Crippen molar-refractivity contribution in [1.82, 2.24) is 14.5 Å². The molecule has 2 aromatic rings. The Balaban J connectivity index is 1.29. The molecule has 1 N–H and O–H groups in total. The quantitative estimate of drug-likeness (QED) is 0.773. The van der Waals surface area contributed by atoms with Crippen LogP contribution in [0, 0.1) is 23.2 Å². The summed E-state index contributed by atoms with van der Waals surface area (Å²) in [5, 5.41) is 9.58. The minimum absolute atomic E-state index is 0.0399. The minimum Gasteiger partial charge on any atom is -0.476 e. The second-order valence-electron chi connectivity index (χ2n) is 11.3. The minimum atomic E-state index is -1.24. The molecule has 5 fully saturated rings. The summed E-state index contributed by atoms with van der Waals surface area (Å²) in [7, 11) is 0. The molecule has 32 heavy (non-hydrogen) atoms. The first-order chi connectivity index (χ1) is 15.3. The molecule has 7 rings (SSSR count). The summed E-state index contributed by atoms with van der Waals surface area (Å²) in [6, 6.07) is 8.48. The number of carbonyl (C=O) groups is 1. The van der Waals surface area contributed by atoms with E-state index in [1.165, 1.54) is 38.6 Å². The highest BCUT2D eigenvalue weighted by Crippen LogP contribution is 2.61. The number of hydrogen-bond acceptors (Lipinski definition) is 4. The standard InChI is InChI=1S/C26H33N3O3/c1-26(2)16-8-7-15(20(26)11-16)14-28-17-9-10-18(28)13-19(12-17)29-22-6-4-3-5-21(22)27-23(24(29)30)25(31)32/h3-6,15-20H,7-14H2,1-2H3,(H,31,32)/t15?,16-,17-,18+,19+,20-/m0/s1. The summed E-state index contributed by atoms with van der Waals surface area (Å²) < 4.78 is 1.76. The molecule has 6 heteroatoms. The van der Waals surface area contributed by atoms with E-state index in [0.29, 0.717) is 23.0 Å². The number of nitrogens with zero attached hydrogens (tertiary/aromatic N) is 3. The molecule has 0 spiro atoms. The Labute approximate surface area is 188 Å². The highest BCUT2D eigenvalue weighted by molar-refractivity contribution is 5.88. The van der Waals surface area contributed by atoms with Gasteiger partial charge in [-0.3, -0.25) is 9.69 Å². The predicted octanol–water partition coefficient (Wildman–Crippen LogP) is 4.33. The zero-order chi connectivity index (χ0) is 22.2. The number of aromatic nitrogens is 2. The average Bonchev–Trinajstić information content (AvgIpc) is 3.00. The maximum absolute atomic E-state index is 13.2. The molecule has 2 saturated heterocycles. The zero-order valence-corrected chi connectivity index (χ0v) is 19.0. The molecular weight excluding hydrogens is 402 g/mol. The van der Waals surface area contributed by atoms with Gasteiger partial charge < -0.3 is 9.67 Å². The molecule has 3 aliphatic carbocycles. The second-order valence-corrected chi connectivity index (χ2v) is 11.3. The van der Waals surface area contributed by atoms with Gasteiger partial charge in [-0.25, -0.2) is 9.78 Å². The third-order valence-electron chi connectivity index (χ3n) is 9.67. The topological polar surface area (TPSA) is 75.4 Å². The van der Waals surface area contributed by atoms with Crippen LogP contribution in [0.2, 0.25) is 0 Å². The van der Waals surface area contributed by atoms with Crippen LogP contribution in [0.4, 0.5) is 0 Å². The van der Waals surface area contributed by atoms with E-state index in [9.17, 15) is 14.7 Å². The molecule has 1 unspecified atom stereocenters. The van der Waals surface area contributed by atoms with Crippen LogP contribution in [-0.2, 0) is 0 Å². The smallest absolute Gasteiger partial charge is 0.360 e. The first-order valence-corrected chi connectivity index (χ1v) is 12.3. The fourth-order valence-corrected chi connectivity index (χ4v) is 7.86. The van der Waals surface area contributed by atoms with Gasteiger partial charge >= 0.3 is 5.97 Å². The number of para-hydroxylation sites is 2. The maximum atomic E-state index is 13.2. The van der Waals surface area contributed by atoms with Gasteiger partial charge in [-0.15, -0.1) is 0 Å². The van der Waals surface area contributed by atoms with Gasteiger partial charge in [0.15, 0.2) is 0 Å². The van der Waals surface area contributed by atoms with E-state index < -0.39 is 11.5 Å². The third kappa shape index (κ3) is 2.91. The van der Waals surface area contributed by atoms with Gasteiger partial charge in [-0.2, -0.15) is 0 Å². The van der Waals surface area contributed by atoms with Crippen LogP contribution < -0.4 is 5.56 Å². The molecule has 1 aromatic carbocycles. The molecule has 5 aliphatic rings. The highest BCUT2D eigenvalue weighted by atomic mass is 16.4. The Hall–Kier alpha value is -2.21. The van der Waals surface area contributed by atoms with Crippen LogP contribution in [0.3, 0.4) is 0 Å². The predicted molar refractivity (Wildman–Crippen MR) is 123 cm³/mol. The largest absolute Gasteiger partial charge is 0.476 e. The number of carboxylic acid groups (broad SMARTS) is 1. The van der Waals surface area contributed by atoms with Crippen molar-refractivity contribution in [1.29, 1.82) is 0 Å². The van der Waals surface area contributed by atoms with E-state index in [-0.39, 0.29) is 11.7 Å². The lowest BCUT2D eigenvalue weighted by atomic mass is 9.45. The molecule has 0 amide bonds. The number of aromatic carboxylic acids is 1. The first kappa shape index (κ1) is 20.4. The Kier molecular flexibility index (Phi) is 4.55. The molecule has 0 radical (unpaired) electrons. The van der Waals surface area contributed by atoms with E-state index in [4.69, 9.17) is 0 Å².